The second-order valence-corrected chi connectivity index (χ2v) is 5.46. The summed E-state index contributed by atoms with van der Waals surface area (Å²) in [7, 11) is 1.55. The number of methoxy groups -OCH3 is 1. The Bertz CT molecular complexity index is 984. The van der Waals surface area contributed by atoms with Gasteiger partial charge in [-0.05, 0) is 31.2 Å². The van der Waals surface area contributed by atoms with Crippen LogP contribution < -0.4 is 4.74 Å². The molecular weight excluding hydrogens is 331 g/mol. The number of aromatic nitrogens is 4. The van der Waals surface area contributed by atoms with Gasteiger partial charge in [0.15, 0.2) is 5.82 Å². The number of hydrogen-bond donors (Lipinski definition) is 0. The number of aryl methyl sites for hydroxylation is 1. The third-order valence-corrected chi connectivity index (χ3v) is 3.84. The van der Waals surface area contributed by atoms with Gasteiger partial charge in [-0.3, -0.25) is 0 Å². The monoisotopic (exact) mass is 348 g/mol. The normalized spacial score (nSPS) is 10.4. The summed E-state index contributed by atoms with van der Waals surface area (Å²) < 4.78 is 18.6. The highest BCUT2D eigenvalue weighted by atomic mass is 19.1. The topological polar surface area (TPSA) is 60.8 Å². The van der Waals surface area contributed by atoms with Crippen molar-refractivity contribution in [3.63, 3.8) is 0 Å². The first-order chi connectivity index (χ1) is 12.6. The summed E-state index contributed by atoms with van der Waals surface area (Å²) in [5.74, 6) is 0.502. The standard InChI is InChI=1S/C20H17FN4O/c1-5-14-16(6-2)24-20(17-9-8-15(21)12(3)23-17)25-19(14)13-7-10-18(26-4)22-11-13/h5-11H,1-2H2,3-4H3. The van der Waals surface area contributed by atoms with Crippen LogP contribution >= 0.6 is 0 Å². The molecule has 6 heteroatoms. The van der Waals surface area contributed by atoms with Gasteiger partial charge < -0.3 is 4.74 Å². The van der Waals surface area contributed by atoms with Gasteiger partial charge in [0.05, 0.1) is 24.2 Å². The third-order valence-electron chi connectivity index (χ3n) is 3.84. The van der Waals surface area contributed by atoms with Crippen molar-refractivity contribution in [2.24, 2.45) is 0 Å². The minimum atomic E-state index is -0.375. The van der Waals surface area contributed by atoms with E-state index in [1.807, 2.05) is 6.07 Å². The van der Waals surface area contributed by atoms with E-state index in [1.54, 1.807) is 44.5 Å². The van der Waals surface area contributed by atoms with E-state index in [4.69, 9.17) is 4.74 Å². The fourth-order valence-electron chi connectivity index (χ4n) is 2.49. The Kier molecular flexibility index (Phi) is 4.84. The van der Waals surface area contributed by atoms with Crippen molar-refractivity contribution in [1.29, 1.82) is 0 Å². The van der Waals surface area contributed by atoms with Crippen molar-refractivity contribution in [3.8, 4) is 28.7 Å². The molecule has 26 heavy (non-hydrogen) atoms. The van der Waals surface area contributed by atoms with Crippen molar-refractivity contribution in [2.75, 3.05) is 7.11 Å². The molecule has 3 rings (SSSR count). The Morgan fingerprint density at radius 3 is 2.42 bits per heavy atom. The largest absolute Gasteiger partial charge is 0.481 e. The summed E-state index contributed by atoms with van der Waals surface area (Å²) in [6.07, 6.45) is 4.96. The highest BCUT2D eigenvalue weighted by molar-refractivity contribution is 5.77. The molecule has 0 bridgehead atoms. The van der Waals surface area contributed by atoms with E-state index in [0.717, 1.165) is 11.1 Å². The first-order valence-electron chi connectivity index (χ1n) is 7.88. The van der Waals surface area contributed by atoms with Crippen LogP contribution in [0.2, 0.25) is 0 Å². The zero-order valence-electron chi connectivity index (χ0n) is 14.5. The SMILES string of the molecule is C=Cc1nc(-c2ccc(F)c(C)n2)nc(-c2ccc(OC)nc2)c1C=C. The molecule has 0 fully saturated rings. The summed E-state index contributed by atoms with van der Waals surface area (Å²) in [5.41, 5.74) is 3.51. The first-order valence-corrected chi connectivity index (χ1v) is 7.88. The lowest BCUT2D eigenvalue weighted by molar-refractivity contribution is 0.398. The molecule has 0 aliphatic rings. The Morgan fingerprint density at radius 2 is 1.85 bits per heavy atom. The van der Waals surface area contributed by atoms with Gasteiger partial charge in [-0.2, -0.15) is 0 Å². The molecule has 5 nitrogen and oxygen atoms in total. The molecule has 0 saturated heterocycles. The summed E-state index contributed by atoms with van der Waals surface area (Å²) in [6.45, 7) is 9.26. The average molecular weight is 348 g/mol. The fourth-order valence-corrected chi connectivity index (χ4v) is 2.49. The summed E-state index contributed by atoms with van der Waals surface area (Å²) in [4.78, 5) is 17.6. The molecule has 0 N–H and O–H groups in total. The molecule has 130 valence electrons. The van der Waals surface area contributed by atoms with Gasteiger partial charge in [-0.25, -0.2) is 24.3 Å². The van der Waals surface area contributed by atoms with Gasteiger partial charge in [0, 0.05) is 23.4 Å². The van der Waals surface area contributed by atoms with Gasteiger partial charge in [-0.15, -0.1) is 0 Å². The van der Waals surface area contributed by atoms with Crippen LogP contribution in [0.1, 0.15) is 17.0 Å². The lowest BCUT2D eigenvalue weighted by atomic mass is 10.1. The van der Waals surface area contributed by atoms with E-state index in [9.17, 15) is 4.39 Å². The molecule has 3 heterocycles. The molecule has 0 aromatic carbocycles. The molecule has 3 aromatic heterocycles. The highest BCUT2D eigenvalue weighted by Crippen LogP contribution is 2.28. The molecule has 0 radical (unpaired) electrons. The Balaban J connectivity index is 2.22. The van der Waals surface area contributed by atoms with Crippen molar-refractivity contribution in [2.45, 2.75) is 6.92 Å². The van der Waals surface area contributed by atoms with Gasteiger partial charge >= 0.3 is 0 Å². The number of hydrogen-bond acceptors (Lipinski definition) is 5. The van der Waals surface area contributed by atoms with E-state index in [2.05, 4.69) is 33.1 Å². The fraction of sp³-hybridized carbons (Fsp3) is 0.100. The lowest BCUT2D eigenvalue weighted by Crippen LogP contribution is -2.02. The summed E-state index contributed by atoms with van der Waals surface area (Å²) >= 11 is 0. The number of rotatable bonds is 5. The van der Waals surface area contributed by atoms with Crippen LogP contribution in [0.3, 0.4) is 0 Å². The maximum absolute atomic E-state index is 13.5. The smallest absolute Gasteiger partial charge is 0.212 e. The average Bonchev–Trinajstić information content (AvgIpc) is 2.69. The predicted octanol–water partition coefficient (Wildman–Crippen LogP) is 4.34. The minimum absolute atomic E-state index is 0.284. The highest BCUT2D eigenvalue weighted by Gasteiger charge is 2.15. The number of ether oxygens (including phenoxy) is 1. The van der Waals surface area contributed by atoms with Crippen LogP contribution in [0.5, 0.6) is 5.88 Å². The Morgan fingerprint density at radius 1 is 1.04 bits per heavy atom. The van der Waals surface area contributed by atoms with Crippen molar-refractivity contribution in [1.82, 2.24) is 19.9 Å². The quantitative estimate of drug-likeness (QED) is 0.686. The molecule has 0 spiro atoms. The van der Waals surface area contributed by atoms with Crippen LogP contribution in [-0.2, 0) is 0 Å². The zero-order valence-corrected chi connectivity index (χ0v) is 14.5. The molecular formula is C20H17FN4O. The van der Waals surface area contributed by atoms with E-state index in [0.29, 0.717) is 28.8 Å². The van der Waals surface area contributed by atoms with Gasteiger partial charge in [0.2, 0.25) is 5.88 Å². The van der Waals surface area contributed by atoms with Gasteiger partial charge in [0.25, 0.3) is 0 Å². The second kappa shape index (κ2) is 7.23. The molecule has 0 saturated carbocycles. The van der Waals surface area contributed by atoms with Crippen molar-refractivity contribution < 1.29 is 9.13 Å². The third kappa shape index (κ3) is 3.21. The lowest BCUT2D eigenvalue weighted by Gasteiger charge is -2.11. The molecule has 0 unspecified atom stereocenters. The predicted molar refractivity (Wildman–Crippen MR) is 99.9 cm³/mol. The Labute approximate surface area is 151 Å². The maximum Gasteiger partial charge on any atom is 0.212 e. The number of pyridine rings is 2. The number of nitrogens with zero attached hydrogens (tertiary/aromatic N) is 4. The van der Waals surface area contributed by atoms with Crippen LogP contribution in [0.15, 0.2) is 43.6 Å². The van der Waals surface area contributed by atoms with E-state index >= 15 is 0 Å². The molecule has 0 amide bonds. The van der Waals surface area contributed by atoms with Crippen molar-refractivity contribution >= 4 is 12.2 Å². The molecule has 0 aliphatic heterocycles. The Hall–Kier alpha value is -3.41. The van der Waals surface area contributed by atoms with Gasteiger partial charge in [-0.1, -0.05) is 19.2 Å². The summed E-state index contributed by atoms with van der Waals surface area (Å²) in [6, 6.07) is 6.50. The van der Waals surface area contributed by atoms with Crippen LogP contribution in [0.4, 0.5) is 4.39 Å². The molecule has 3 aromatic rings. The molecule has 0 atom stereocenters. The van der Waals surface area contributed by atoms with E-state index < -0.39 is 0 Å². The van der Waals surface area contributed by atoms with Crippen LogP contribution in [0.25, 0.3) is 34.9 Å². The van der Waals surface area contributed by atoms with E-state index in [1.165, 1.54) is 6.07 Å². The summed E-state index contributed by atoms with van der Waals surface area (Å²) in [5, 5.41) is 0. The maximum atomic E-state index is 13.5. The van der Waals surface area contributed by atoms with Crippen LogP contribution in [0, 0.1) is 12.7 Å². The number of halogens is 1. The van der Waals surface area contributed by atoms with Crippen LogP contribution in [-0.4, -0.2) is 27.0 Å². The first kappa shape index (κ1) is 17.4. The zero-order chi connectivity index (χ0) is 18.7. The minimum Gasteiger partial charge on any atom is -0.481 e. The van der Waals surface area contributed by atoms with Gasteiger partial charge in [0.1, 0.15) is 11.5 Å². The molecule has 0 aliphatic carbocycles. The van der Waals surface area contributed by atoms with E-state index in [-0.39, 0.29) is 11.5 Å². The second-order valence-electron chi connectivity index (χ2n) is 5.46. The van der Waals surface area contributed by atoms with Crippen molar-refractivity contribution in [3.05, 3.63) is 66.4 Å².